The summed E-state index contributed by atoms with van der Waals surface area (Å²) in [4.78, 5) is 21.8. The molecule has 2 heteroatoms. The molecule has 0 saturated carbocycles. The predicted molar refractivity (Wildman–Crippen MR) is 139 cm³/mol. The van der Waals surface area contributed by atoms with Crippen LogP contribution in [0.15, 0.2) is 59.7 Å². The van der Waals surface area contributed by atoms with Gasteiger partial charge in [-0.2, -0.15) is 0 Å². The maximum atomic E-state index is 10.9. The largest absolute Gasteiger partial charge is 0.298 e. The van der Waals surface area contributed by atoms with E-state index in [1.54, 1.807) is 0 Å². The molecule has 0 fully saturated rings. The molecule has 0 unspecified atom stereocenters. The zero-order valence-corrected chi connectivity index (χ0v) is 20.4. The first-order valence-electron chi connectivity index (χ1n) is 12.0. The number of unbranched alkanes of at least 4 members (excludes halogenated alkanes) is 4. The van der Waals surface area contributed by atoms with Crippen molar-refractivity contribution in [3.63, 3.8) is 0 Å². The molecule has 0 amide bonds. The van der Waals surface area contributed by atoms with Gasteiger partial charge in [0.25, 0.3) is 0 Å². The van der Waals surface area contributed by atoms with Gasteiger partial charge in [-0.15, -0.1) is 0 Å². The van der Waals surface area contributed by atoms with Crippen molar-refractivity contribution in [3.05, 3.63) is 81.9 Å². The van der Waals surface area contributed by atoms with E-state index < -0.39 is 0 Å². The minimum atomic E-state index is 0.894. The molecule has 0 aliphatic rings. The van der Waals surface area contributed by atoms with Crippen LogP contribution in [0.3, 0.4) is 0 Å². The van der Waals surface area contributed by atoms with Gasteiger partial charge in [-0.25, -0.2) is 0 Å². The molecule has 0 atom stereocenters. The number of aryl methyl sites for hydroxylation is 2. The summed E-state index contributed by atoms with van der Waals surface area (Å²) in [5.74, 6) is 0. The molecule has 0 saturated heterocycles. The third kappa shape index (κ3) is 12.2. The highest BCUT2D eigenvalue weighted by Gasteiger charge is 1.97. The van der Waals surface area contributed by atoms with Crippen LogP contribution in [0.25, 0.3) is 12.2 Å². The fourth-order valence-electron chi connectivity index (χ4n) is 3.24. The molecule has 2 aromatic rings. The molecular formula is C30H40O2. The molecule has 0 N–H and O–H groups in total. The van der Waals surface area contributed by atoms with Gasteiger partial charge in [0.05, 0.1) is 0 Å². The summed E-state index contributed by atoms with van der Waals surface area (Å²) in [6.45, 7) is 8.47. The van der Waals surface area contributed by atoms with Crippen molar-refractivity contribution in [2.45, 2.75) is 79.1 Å². The van der Waals surface area contributed by atoms with E-state index in [0.717, 1.165) is 60.5 Å². The van der Waals surface area contributed by atoms with Crippen molar-refractivity contribution in [1.29, 1.82) is 0 Å². The van der Waals surface area contributed by atoms with Gasteiger partial charge in [0.2, 0.25) is 0 Å². The highest BCUT2D eigenvalue weighted by atomic mass is 16.1. The van der Waals surface area contributed by atoms with E-state index in [-0.39, 0.29) is 0 Å². The Hall–Kier alpha value is -2.74. The lowest BCUT2D eigenvalue weighted by Gasteiger charge is -2.00. The highest BCUT2D eigenvalue weighted by molar-refractivity contribution is 5.82. The van der Waals surface area contributed by atoms with Crippen molar-refractivity contribution >= 4 is 24.7 Å². The van der Waals surface area contributed by atoms with Gasteiger partial charge in [0, 0.05) is 0 Å². The van der Waals surface area contributed by atoms with E-state index in [9.17, 15) is 9.59 Å². The lowest BCUT2D eigenvalue weighted by atomic mass is 10.0. The zero-order valence-electron chi connectivity index (χ0n) is 20.4. The standard InChI is InChI=1S/2C15H20O/c2*1-3-4-5-6-15(12-16)11-14-9-7-13(2)8-10-14/h2*7-12H,3-6H2,1-2H3. The van der Waals surface area contributed by atoms with Crippen molar-refractivity contribution < 1.29 is 9.59 Å². The lowest BCUT2D eigenvalue weighted by molar-refractivity contribution is -0.105. The number of aldehydes is 2. The van der Waals surface area contributed by atoms with Gasteiger partial charge in [-0.05, 0) is 74.0 Å². The number of benzene rings is 2. The Morgan fingerprint density at radius 3 is 1.22 bits per heavy atom. The number of rotatable bonds is 12. The molecule has 0 spiro atoms. The second-order valence-electron chi connectivity index (χ2n) is 8.41. The van der Waals surface area contributed by atoms with Crippen LogP contribution in [0, 0.1) is 13.8 Å². The molecule has 0 aromatic heterocycles. The van der Waals surface area contributed by atoms with Crippen LogP contribution in [0.5, 0.6) is 0 Å². The van der Waals surface area contributed by atoms with E-state index in [1.165, 1.54) is 36.8 Å². The Kier molecular flexibility index (Phi) is 14.4. The van der Waals surface area contributed by atoms with Crippen LogP contribution in [0.4, 0.5) is 0 Å². The Bertz CT molecular complexity index is 766. The molecule has 0 aliphatic heterocycles. The second-order valence-corrected chi connectivity index (χ2v) is 8.41. The third-order valence-corrected chi connectivity index (χ3v) is 5.30. The van der Waals surface area contributed by atoms with Gasteiger partial charge in [-0.3, -0.25) is 9.59 Å². The normalized spacial score (nSPS) is 11.5. The third-order valence-electron chi connectivity index (χ3n) is 5.30. The Morgan fingerprint density at radius 1 is 0.594 bits per heavy atom. The molecule has 2 nitrogen and oxygen atoms in total. The lowest BCUT2D eigenvalue weighted by Crippen LogP contribution is -1.86. The van der Waals surface area contributed by atoms with Crippen LogP contribution >= 0.6 is 0 Å². The molecule has 0 radical (unpaired) electrons. The summed E-state index contributed by atoms with van der Waals surface area (Å²) in [6, 6.07) is 16.5. The van der Waals surface area contributed by atoms with Gasteiger partial charge < -0.3 is 0 Å². The maximum absolute atomic E-state index is 10.9. The summed E-state index contributed by atoms with van der Waals surface area (Å²) in [6.07, 6.45) is 14.7. The Balaban J connectivity index is 0.000000320. The van der Waals surface area contributed by atoms with Crippen molar-refractivity contribution in [2.24, 2.45) is 0 Å². The second kappa shape index (κ2) is 16.9. The van der Waals surface area contributed by atoms with E-state index >= 15 is 0 Å². The first-order valence-corrected chi connectivity index (χ1v) is 12.0. The molecule has 32 heavy (non-hydrogen) atoms. The molecular weight excluding hydrogens is 392 g/mol. The SMILES string of the molecule is CCCCCC(C=O)=Cc1ccc(C)cc1.CCCCCC(C=O)=Cc1ccc(C)cc1. The summed E-state index contributed by atoms with van der Waals surface area (Å²) >= 11 is 0. The van der Waals surface area contributed by atoms with Crippen molar-refractivity contribution in [1.82, 2.24) is 0 Å². The van der Waals surface area contributed by atoms with Crippen LogP contribution in [0.1, 0.15) is 87.5 Å². The first-order chi connectivity index (χ1) is 15.5. The van der Waals surface area contributed by atoms with E-state index in [4.69, 9.17) is 0 Å². The van der Waals surface area contributed by atoms with Crippen molar-refractivity contribution in [2.75, 3.05) is 0 Å². The van der Waals surface area contributed by atoms with Crippen LogP contribution < -0.4 is 0 Å². The summed E-state index contributed by atoms with van der Waals surface area (Å²) in [5.41, 5.74) is 6.52. The van der Waals surface area contributed by atoms with Gasteiger partial charge in [0.1, 0.15) is 12.6 Å². The van der Waals surface area contributed by atoms with E-state index in [2.05, 4.69) is 76.2 Å². The number of allylic oxidation sites excluding steroid dienone is 2. The number of hydrogen-bond acceptors (Lipinski definition) is 2. The maximum Gasteiger partial charge on any atom is 0.146 e. The van der Waals surface area contributed by atoms with Gasteiger partial charge in [0.15, 0.2) is 0 Å². The van der Waals surface area contributed by atoms with Crippen LogP contribution in [0.2, 0.25) is 0 Å². The topological polar surface area (TPSA) is 34.1 Å². The van der Waals surface area contributed by atoms with Gasteiger partial charge in [-0.1, -0.05) is 99.2 Å². The number of carbonyl (C=O) groups is 2. The Labute approximate surface area is 195 Å². The van der Waals surface area contributed by atoms with Crippen LogP contribution in [-0.2, 0) is 9.59 Å². The zero-order chi connectivity index (χ0) is 23.6. The molecule has 172 valence electrons. The highest BCUT2D eigenvalue weighted by Crippen LogP contribution is 2.14. The fourth-order valence-corrected chi connectivity index (χ4v) is 3.24. The average Bonchev–Trinajstić information content (AvgIpc) is 2.81. The first kappa shape index (κ1) is 27.3. The van der Waals surface area contributed by atoms with Crippen molar-refractivity contribution in [3.8, 4) is 0 Å². The summed E-state index contributed by atoms with van der Waals surface area (Å²) in [5, 5.41) is 0. The summed E-state index contributed by atoms with van der Waals surface area (Å²) in [7, 11) is 0. The minimum Gasteiger partial charge on any atom is -0.298 e. The van der Waals surface area contributed by atoms with E-state index in [0.29, 0.717) is 0 Å². The van der Waals surface area contributed by atoms with E-state index in [1.807, 2.05) is 12.2 Å². The minimum absolute atomic E-state index is 0.894. The quantitative estimate of drug-likeness (QED) is 0.192. The predicted octanol–water partition coefficient (Wildman–Crippen LogP) is 8.32. The smallest absolute Gasteiger partial charge is 0.146 e. The van der Waals surface area contributed by atoms with Gasteiger partial charge >= 0.3 is 0 Å². The Morgan fingerprint density at radius 2 is 0.938 bits per heavy atom. The number of carbonyl (C=O) groups excluding carboxylic acids is 2. The molecule has 0 heterocycles. The molecule has 0 aliphatic carbocycles. The fraction of sp³-hybridized carbons (Fsp3) is 0.400. The average molecular weight is 433 g/mol. The molecule has 0 bridgehead atoms. The summed E-state index contributed by atoms with van der Waals surface area (Å²) < 4.78 is 0. The van der Waals surface area contributed by atoms with Crippen LogP contribution in [-0.4, -0.2) is 12.6 Å². The molecule has 2 rings (SSSR count). The number of hydrogen-bond donors (Lipinski definition) is 0. The molecule has 2 aromatic carbocycles. The monoisotopic (exact) mass is 432 g/mol.